The maximum atomic E-state index is 12.8. The lowest BCUT2D eigenvalue weighted by Gasteiger charge is -2.24. The number of carbonyl (C=O) groups is 2. The number of ketones is 1. The van der Waals surface area contributed by atoms with Gasteiger partial charge in [-0.1, -0.05) is 18.2 Å². The lowest BCUT2D eigenvalue weighted by Crippen LogP contribution is -2.37. The van der Waals surface area contributed by atoms with Crippen molar-refractivity contribution in [2.75, 3.05) is 0 Å². The quantitative estimate of drug-likeness (QED) is 0.852. The highest BCUT2D eigenvalue weighted by Gasteiger charge is 2.33. The summed E-state index contributed by atoms with van der Waals surface area (Å²) in [5.41, 5.74) is 1.42. The van der Waals surface area contributed by atoms with Crippen LogP contribution in [0.1, 0.15) is 36.3 Å². The zero-order valence-electron chi connectivity index (χ0n) is 15.0. The van der Waals surface area contributed by atoms with E-state index in [1.54, 1.807) is 55.1 Å². The molecule has 1 aliphatic rings. The van der Waals surface area contributed by atoms with Crippen molar-refractivity contribution in [3.63, 3.8) is 0 Å². The normalized spacial score (nSPS) is 15.8. The molecule has 3 rings (SSSR count). The Labute approximate surface area is 152 Å². The number of hydrogen-bond donors (Lipinski definition) is 0. The molecule has 0 saturated heterocycles. The van der Waals surface area contributed by atoms with Gasteiger partial charge in [0.15, 0.2) is 0 Å². The number of amides is 1. The zero-order valence-corrected chi connectivity index (χ0v) is 15.0. The Bertz CT molecular complexity index is 934. The molecule has 0 bridgehead atoms. The molecule has 1 aromatic carbocycles. The van der Waals surface area contributed by atoms with Gasteiger partial charge in [0.05, 0.1) is 11.4 Å². The number of Topliss-reactive ketones (excluding diaryl/α,β-unsaturated/α-hetero) is 1. The van der Waals surface area contributed by atoms with Crippen molar-refractivity contribution in [2.24, 2.45) is 9.98 Å². The topological polar surface area (TPSA) is 76.7 Å². The van der Waals surface area contributed by atoms with E-state index in [0.717, 1.165) is 5.69 Å². The van der Waals surface area contributed by atoms with Gasteiger partial charge in [0.25, 0.3) is 5.91 Å². The fourth-order valence-corrected chi connectivity index (χ4v) is 2.60. The monoisotopic (exact) mass is 348 g/mol. The van der Waals surface area contributed by atoms with E-state index < -0.39 is 5.54 Å². The lowest BCUT2D eigenvalue weighted by molar-refractivity contribution is -0.122. The zero-order chi connectivity index (χ0) is 18.7. The van der Waals surface area contributed by atoms with Crippen molar-refractivity contribution in [2.45, 2.75) is 32.7 Å². The number of aryl methyl sites for hydroxylation is 1. The Hall–Kier alpha value is -3.15. The second kappa shape index (κ2) is 7.00. The van der Waals surface area contributed by atoms with Gasteiger partial charge in [-0.3, -0.25) is 19.3 Å². The molecule has 1 aliphatic heterocycles. The van der Waals surface area contributed by atoms with Crippen LogP contribution < -0.4 is 0 Å². The molecule has 2 aromatic rings. The number of rotatable bonds is 4. The molecule has 0 spiro atoms. The van der Waals surface area contributed by atoms with E-state index in [1.165, 1.54) is 6.21 Å². The lowest BCUT2D eigenvalue weighted by atomic mass is 9.95. The molecule has 2 heterocycles. The average molecular weight is 348 g/mol. The molecule has 0 aliphatic carbocycles. The molecule has 6 nitrogen and oxygen atoms in total. The maximum Gasteiger partial charge on any atom is 0.277 e. The van der Waals surface area contributed by atoms with Crippen LogP contribution in [0.15, 0.2) is 64.4 Å². The van der Waals surface area contributed by atoms with Gasteiger partial charge in [0.2, 0.25) is 5.78 Å². The van der Waals surface area contributed by atoms with Gasteiger partial charge < -0.3 is 0 Å². The summed E-state index contributed by atoms with van der Waals surface area (Å²) in [4.78, 5) is 33.3. The maximum absolute atomic E-state index is 12.8. The van der Waals surface area contributed by atoms with Crippen molar-refractivity contribution in [1.29, 1.82) is 0 Å². The Kier molecular flexibility index (Phi) is 4.75. The van der Waals surface area contributed by atoms with E-state index >= 15 is 0 Å². The molecule has 0 unspecified atom stereocenters. The molecule has 1 amide bonds. The van der Waals surface area contributed by atoms with Crippen molar-refractivity contribution in [3.8, 4) is 0 Å². The minimum Gasteiger partial charge on any atom is -0.290 e. The van der Waals surface area contributed by atoms with Crippen LogP contribution in [0.5, 0.6) is 0 Å². The fraction of sp³-hybridized carbons (Fsp3) is 0.250. The number of nitrogens with zero attached hydrogens (tertiary/aromatic N) is 4. The molecule has 0 N–H and O–H groups in total. The first kappa shape index (κ1) is 17.7. The van der Waals surface area contributed by atoms with Crippen LogP contribution in [0.2, 0.25) is 0 Å². The van der Waals surface area contributed by atoms with Gasteiger partial charge in [-0.15, -0.1) is 0 Å². The van der Waals surface area contributed by atoms with Crippen LogP contribution >= 0.6 is 0 Å². The van der Waals surface area contributed by atoms with Crippen molar-refractivity contribution in [3.05, 3.63) is 65.6 Å². The SMILES string of the molecule is Cc1ccn(C(C)(C)C(=O)C2=CCC(=NC(=O)c3ccccc3)C=N2)n1. The fourth-order valence-electron chi connectivity index (χ4n) is 2.60. The van der Waals surface area contributed by atoms with Crippen LogP contribution in [0.3, 0.4) is 0 Å². The van der Waals surface area contributed by atoms with Crippen LogP contribution in [0.25, 0.3) is 0 Å². The first-order valence-corrected chi connectivity index (χ1v) is 8.36. The summed E-state index contributed by atoms with van der Waals surface area (Å²) >= 11 is 0. The third kappa shape index (κ3) is 3.59. The molecule has 6 heteroatoms. The number of allylic oxidation sites excluding steroid dienone is 2. The second-order valence-corrected chi connectivity index (χ2v) is 6.62. The van der Waals surface area contributed by atoms with Crippen LogP contribution in [0, 0.1) is 6.92 Å². The van der Waals surface area contributed by atoms with Gasteiger partial charge in [-0.05, 0) is 45.0 Å². The molecule has 26 heavy (non-hydrogen) atoms. The summed E-state index contributed by atoms with van der Waals surface area (Å²) in [7, 11) is 0. The van der Waals surface area contributed by atoms with E-state index in [1.807, 2.05) is 19.1 Å². The van der Waals surface area contributed by atoms with E-state index in [4.69, 9.17) is 0 Å². The highest BCUT2D eigenvalue weighted by atomic mass is 16.1. The van der Waals surface area contributed by atoms with Gasteiger partial charge in [-0.25, -0.2) is 4.99 Å². The molecule has 0 fully saturated rings. The van der Waals surface area contributed by atoms with Gasteiger partial charge in [-0.2, -0.15) is 5.10 Å². The van der Waals surface area contributed by atoms with Gasteiger partial charge in [0, 0.05) is 24.4 Å². The predicted octanol–water partition coefficient (Wildman–Crippen LogP) is 3.14. The number of aromatic nitrogens is 2. The Morgan fingerprint density at radius 2 is 1.88 bits per heavy atom. The summed E-state index contributed by atoms with van der Waals surface area (Å²) in [6.45, 7) is 5.49. The van der Waals surface area contributed by atoms with E-state index in [0.29, 0.717) is 23.4 Å². The molecular weight excluding hydrogens is 328 g/mol. The summed E-state index contributed by atoms with van der Waals surface area (Å²) in [6.07, 6.45) is 5.36. The molecular formula is C20H20N4O2. The molecule has 0 saturated carbocycles. The smallest absolute Gasteiger partial charge is 0.277 e. The van der Waals surface area contributed by atoms with Gasteiger partial charge in [0.1, 0.15) is 11.2 Å². The van der Waals surface area contributed by atoms with Crippen LogP contribution in [-0.4, -0.2) is 33.4 Å². The average Bonchev–Trinajstić information content (AvgIpc) is 3.10. The molecule has 0 radical (unpaired) electrons. The minimum atomic E-state index is -0.841. The van der Waals surface area contributed by atoms with Crippen molar-refractivity contribution in [1.82, 2.24) is 9.78 Å². The number of hydrogen-bond acceptors (Lipinski definition) is 4. The summed E-state index contributed by atoms with van der Waals surface area (Å²) in [6, 6.07) is 10.7. The minimum absolute atomic E-state index is 0.134. The Morgan fingerprint density at radius 1 is 1.15 bits per heavy atom. The molecule has 1 aromatic heterocycles. The van der Waals surface area contributed by atoms with Crippen LogP contribution in [-0.2, 0) is 10.3 Å². The summed E-state index contributed by atoms with van der Waals surface area (Å²) in [5, 5.41) is 4.33. The first-order valence-electron chi connectivity index (χ1n) is 8.36. The Morgan fingerprint density at radius 3 is 2.46 bits per heavy atom. The third-order valence-electron chi connectivity index (χ3n) is 4.21. The number of benzene rings is 1. The largest absolute Gasteiger partial charge is 0.290 e. The van der Waals surface area contributed by atoms with Crippen LogP contribution in [0.4, 0.5) is 0 Å². The van der Waals surface area contributed by atoms with E-state index in [9.17, 15) is 9.59 Å². The molecule has 0 atom stereocenters. The summed E-state index contributed by atoms with van der Waals surface area (Å²) < 4.78 is 1.64. The highest BCUT2D eigenvalue weighted by molar-refractivity contribution is 6.35. The highest BCUT2D eigenvalue weighted by Crippen LogP contribution is 2.22. The second-order valence-electron chi connectivity index (χ2n) is 6.62. The van der Waals surface area contributed by atoms with E-state index in [-0.39, 0.29) is 11.7 Å². The number of aliphatic imine (C=N–C) groups is 2. The van der Waals surface area contributed by atoms with E-state index in [2.05, 4.69) is 15.1 Å². The third-order valence-corrected chi connectivity index (χ3v) is 4.21. The standard InChI is InChI=1S/C20H20N4O2/c1-14-11-12-24(23-14)20(2,3)18(25)17-10-9-16(13-21-17)22-19(26)15-7-5-4-6-8-15/h4-8,10-13H,9H2,1-3H3. The van der Waals surface area contributed by atoms with Gasteiger partial charge >= 0.3 is 0 Å². The predicted molar refractivity (Wildman–Crippen MR) is 101 cm³/mol. The number of carbonyl (C=O) groups excluding carboxylic acids is 2. The Balaban J connectivity index is 1.73. The molecule has 132 valence electrons. The van der Waals surface area contributed by atoms with Crippen molar-refractivity contribution >= 4 is 23.6 Å². The van der Waals surface area contributed by atoms with Crippen molar-refractivity contribution < 1.29 is 9.59 Å². The summed E-state index contributed by atoms with van der Waals surface area (Å²) in [5.74, 6) is -0.451. The first-order chi connectivity index (χ1) is 12.4.